The highest BCUT2D eigenvalue weighted by molar-refractivity contribution is 5.95. The van der Waals surface area contributed by atoms with Gasteiger partial charge in [0.1, 0.15) is 17.5 Å². The smallest absolute Gasteiger partial charge is 0.322 e. The van der Waals surface area contributed by atoms with E-state index in [-0.39, 0.29) is 43.5 Å². The Morgan fingerprint density at radius 2 is 1.33 bits per heavy atom. The second-order valence-corrected chi connectivity index (χ2v) is 6.71. The highest BCUT2D eigenvalue weighted by Crippen LogP contribution is 2.24. The first-order valence-corrected chi connectivity index (χ1v) is 9.12. The summed E-state index contributed by atoms with van der Waals surface area (Å²) < 4.78 is 40.7. The highest BCUT2D eigenvalue weighted by Gasteiger charge is 2.25. The van der Waals surface area contributed by atoms with E-state index in [2.05, 4.69) is 10.6 Å². The van der Waals surface area contributed by atoms with Gasteiger partial charge in [0.25, 0.3) is 5.91 Å². The van der Waals surface area contributed by atoms with Crippen molar-refractivity contribution in [2.24, 2.45) is 0 Å². The molecule has 1 fully saturated rings. The third-order valence-corrected chi connectivity index (χ3v) is 4.55. The minimum Gasteiger partial charge on any atom is -0.335 e. The molecule has 2 aromatic carbocycles. The number of halogens is 3. The van der Waals surface area contributed by atoms with E-state index >= 15 is 0 Å². The van der Waals surface area contributed by atoms with Gasteiger partial charge in [0, 0.05) is 44.7 Å². The van der Waals surface area contributed by atoms with E-state index in [1.54, 1.807) is 0 Å². The standard InChI is InChI=1S/C20H19F3N4O3/c1-12(28)24-17-11-18(16(23)10-15(17)22)25-20(30)27-8-6-26(7-9-27)19(29)13-2-4-14(21)5-3-13/h2-5,10-11H,6-9H2,1H3,(H,24,28)(H,25,30). The molecule has 0 aliphatic carbocycles. The number of amides is 4. The van der Waals surface area contributed by atoms with Crippen LogP contribution in [0.5, 0.6) is 0 Å². The maximum atomic E-state index is 14.0. The van der Waals surface area contributed by atoms with Crippen molar-refractivity contribution in [3.8, 4) is 0 Å². The predicted molar refractivity (Wildman–Crippen MR) is 104 cm³/mol. The fourth-order valence-corrected chi connectivity index (χ4v) is 3.01. The third-order valence-electron chi connectivity index (χ3n) is 4.55. The summed E-state index contributed by atoms with van der Waals surface area (Å²) in [6.45, 7) is 2.05. The van der Waals surface area contributed by atoms with Crippen LogP contribution in [0.4, 0.5) is 29.3 Å². The fourth-order valence-electron chi connectivity index (χ4n) is 3.01. The van der Waals surface area contributed by atoms with Gasteiger partial charge < -0.3 is 20.4 Å². The molecule has 0 spiro atoms. The normalized spacial score (nSPS) is 13.7. The molecule has 7 nitrogen and oxygen atoms in total. The predicted octanol–water partition coefficient (Wildman–Crippen LogP) is 3.05. The van der Waals surface area contributed by atoms with Gasteiger partial charge in [0.15, 0.2) is 0 Å². The zero-order valence-electron chi connectivity index (χ0n) is 16.0. The van der Waals surface area contributed by atoms with Crippen LogP contribution in [0.25, 0.3) is 0 Å². The molecule has 1 aliphatic rings. The first-order valence-electron chi connectivity index (χ1n) is 9.12. The number of nitrogens with zero attached hydrogens (tertiary/aromatic N) is 2. The van der Waals surface area contributed by atoms with Crippen molar-refractivity contribution >= 4 is 29.2 Å². The van der Waals surface area contributed by atoms with Crippen LogP contribution in [0.2, 0.25) is 0 Å². The number of hydrogen-bond acceptors (Lipinski definition) is 3. The summed E-state index contributed by atoms with van der Waals surface area (Å²) in [5, 5.41) is 4.57. The molecule has 2 N–H and O–H groups in total. The summed E-state index contributed by atoms with van der Waals surface area (Å²) in [4.78, 5) is 38.9. The summed E-state index contributed by atoms with van der Waals surface area (Å²) in [5.74, 6) is -3.21. The topological polar surface area (TPSA) is 81.8 Å². The number of carbonyl (C=O) groups is 3. The van der Waals surface area contributed by atoms with Crippen molar-refractivity contribution in [2.75, 3.05) is 36.8 Å². The van der Waals surface area contributed by atoms with Crippen LogP contribution in [0.1, 0.15) is 17.3 Å². The number of benzene rings is 2. The molecule has 1 saturated heterocycles. The Hall–Kier alpha value is -3.56. The van der Waals surface area contributed by atoms with Gasteiger partial charge in [-0.05, 0) is 30.3 Å². The van der Waals surface area contributed by atoms with Gasteiger partial charge >= 0.3 is 6.03 Å². The molecular formula is C20H19F3N4O3. The maximum absolute atomic E-state index is 14.0. The van der Waals surface area contributed by atoms with Gasteiger partial charge in [-0.1, -0.05) is 0 Å². The third kappa shape index (κ3) is 4.88. The Morgan fingerprint density at radius 3 is 1.90 bits per heavy atom. The molecule has 4 amide bonds. The van der Waals surface area contributed by atoms with E-state index < -0.39 is 29.4 Å². The Labute approximate surface area is 170 Å². The SMILES string of the molecule is CC(=O)Nc1cc(NC(=O)N2CCN(C(=O)c3ccc(F)cc3)CC2)c(F)cc1F. The van der Waals surface area contributed by atoms with Crippen LogP contribution in [0, 0.1) is 17.5 Å². The summed E-state index contributed by atoms with van der Waals surface area (Å²) in [6.07, 6.45) is 0. The van der Waals surface area contributed by atoms with Gasteiger partial charge in [-0.15, -0.1) is 0 Å². The lowest BCUT2D eigenvalue weighted by Crippen LogP contribution is -2.51. The second kappa shape index (κ2) is 8.85. The lowest BCUT2D eigenvalue weighted by atomic mass is 10.2. The van der Waals surface area contributed by atoms with Crippen LogP contribution in [-0.2, 0) is 4.79 Å². The number of anilines is 2. The van der Waals surface area contributed by atoms with Gasteiger partial charge in [-0.3, -0.25) is 9.59 Å². The van der Waals surface area contributed by atoms with E-state index in [9.17, 15) is 27.6 Å². The molecule has 0 atom stereocenters. The Balaban J connectivity index is 1.61. The maximum Gasteiger partial charge on any atom is 0.322 e. The molecule has 3 rings (SSSR count). The first-order chi connectivity index (χ1) is 14.2. The molecule has 0 unspecified atom stereocenters. The molecule has 2 aromatic rings. The van der Waals surface area contributed by atoms with Crippen molar-refractivity contribution in [2.45, 2.75) is 6.92 Å². The van der Waals surface area contributed by atoms with Gasteiger partial charge in [0.05, 0.1) is 11.4 Å². The lowest BCUT2D eigenvalue weighted by molar-refractivity contribution is -0.114. The number of piperazine rings is 1. The van der Waals surface area contributed by atoms with Crippen molar-refractivity contribution in [3.63, 3.8) is 0 Å². The zero-order chi connectivity index (χ0) is 21.8. The van der Waals surface area contributed by atoms with Crippen LogP contribution >= 0.6 is 0 Å². The number of nitrogens with one attached hydrogen (secondary N) is 2. The molecule has 0 radical (unpaired) electrons. The summed E-state index contributed by atoms with van der Waals surface area (Å²) >= 11 is 0. The molecular weight excluding hydrogens is 401 g/mol. The molecule has 10 heteroatoms. The molecule has 158 valence electrons. The number of urea groups is 1. The summed E-state index contributed by atoms with van der Waals surface area (Å²) in [6, 6.07) is 6.12. The number of carbonyl (C=O) groups excluding carboxylic acids is 3. The Morgan fingerprint density at radius 1 is 0.800 bits per heavy atom. The number of rotatable bonds is 3. The van der Waals surface area contributed by atoms with Crippen LogP contribution in [0.3, 0.4) is 0 Å². The fraction of sp³-hybridized carbons (Fsp3) is 0.250. The Kier molecular flexibility index (Phi) is 6.24. The van der Waals surface area contributed by atoms with Crippen molar-refractivity contribution in [3.05, 3.63) is 59.4 Å². The second-order valence-electron chi connectivity index (χ2n) is 6.71. The van der Waals surface area contributed by atoms with Crippen LogP contribution in [-0.4, -0.2) is 53.8 Å². The average molecular weight is 420 g/mol. The van der Waals surface area contributed by atoms with Crippen molar-refractivity contribution < 1.29 is 27.6 Å². The number of hydrogen-bond donors (Lipinski definition) is 2. The molecule has 0 bridgehead atoms. The average Bonchev–Trinajstić information content (AvgIpc) is 2.71. The lowest BCUT2D eigenvalue weighted by Gasteiger charge is -2.34. The van der Waals surface area contributed by atoms with E-state index in [0.717, 1.165) is 6.07 Å². The van der Waals surface area contributed by atoms with E-state index in [0.29, 0.717) is 11.6 Å². The first kappa shape index (κ1) is 21.2. The summed E-state index contributed by atoms with van der Waals surface area (Å²) in [7, 11) is 0. The van der Waals surface area contributed by atoms with Crippen molar-refractivity contribution in [1.29, 1.82) is 0 Å². The quantitative estimate of drug-likeness (QED) is 0.801. The van der Waals surface area contributed by atoms with Gasteiger partial charge in [0.2, 0.25) is 5.91 Å². The Bertz CT molecular complexity index is 974. The van der Waals surface area contributed by atoms with Crippen molar-refractivity contribution in [1.82, 2.24) is 9.80 Å². The van der Waals surface area contributed by atoms with Crippen LogP contribution < -0.4 is 10.6 Å². The minimum atomic E-state index is -0.986. The zero-order valence-corrected chi connectivity index (χ0v) is 16.0. The van der Waals surface area contributed by atoms with E-state index in [4.69, 9.17) is 0 Å². The molecule has 30 heavy (non-hydrogen) atoms. The molecule has 0 aromatic heterocycles. The summed E-state index contributed by atoms with van der Waals surface area (Å²) in [5.41, 5.74) is -0.197. The molecule has 0 saturated carbocycles. The van der Waals surface area contributed by atoms with E-state index in [1.165, 1.54) is 41.0 Å². The van der Waals surface area contributed by atoms with Gasteiger partial charge in [-0.2, -0.15) is 0 Å². The monoisotopic (exact) mass is 420 g/mol. The molecule has 1 heterocycles. The van der Waals surface area contributed by atoms with Crippen LogP contribution in [0.15, 0.2) is 36.4 Å². The van der Waals surface area contributed by atoms with Gasteiger partial charge in [-0.25, -0.2) is 18.0 Å². The highest BCUT2D eigenvalue weighted by atomic mass is 19.1. The van der Waals surface area contributed by atoms with E-state index in [1.807, 2.05) is 0 Å². The molecule has 1 aliphatic heterocycles. The largest absolute Gasteiger partial charge is 0.335 e. The minimum absolute atomic E-state index is 0.195.